The molecule has 2 aliphatic heterocycles. The van der Waals surface area contributed by atoms with Crippen molar-refractivity contribution >= 4 is 21.6 Å². The Morgan fingerprint density at radius 2 is 1.52 bits per heavy atom. The van der Waals surface area contributed by atoms with E-state index in [2.05, 4.69) is 4.90 Å². The van der Waals surface area contributed by atoms with Gasteiger partial charge >= 0.3 is 6.09 Å². The highest BCUT2D eigenvalue weighted by Crippen LogP contribution is 2.34. The molecular formula is C22H34N2O4S. The minimum atomic E-state index is -3.15. The summed E-state index contributed by atoms with van der Waals surface area (Å²) in [5.74, 6) is 1.75. The average molecular weight is 423 g/mol. The highest BCUT2D eigenvalue weighted by Gasteiger charge is 2.31. The predicted molar refractivity (Wildman–Crippen MR) is 115 cm³/mol. The van der Waals surface area contributed by atoms with Crippen LogP contribution in [0, 0.1) is 17.8 Å². The van der Waals surface area contributed by atoms with Gasteiger partial charge in [-0.1, -0.05) is 13.8 Å². The fraction of sp³-hybridized carbons (Fsp3) is 0.682. The van der Waals surface area contributed by atoms with Crippen molar-refractivity contribution in [3.05, 3.63) is 24.3 Å². The molecule has 2 fully saturated rings. The molecule has 3 rings (SSSR count). The molecule has 0 saturated carbocycles. The van der Waals surface area contributed by atoms with Crippen molar-refractivity contribution in [2.75, 3.05) is 43.9 Å². The van der Waals surface area contributed by atoms with Gasteiger partial charge in [-0.05, 0) is 67.7 Å². The molecule has 1 aromatic rings. The number of hydrogen-bond donors (Lipinski definition) is 0. The second-order valence-electron chi connectivity index (χ2n) is 8.89. The summed E-state index contributed by atoms with van der Waals surface area (Å²) in [6.45, 7) is 8.18. The van der Waals surface area contributed by atoms with E-state index < -0.39 is 9.84 Å². The molecule has 29 heavy (non-hydrogen) atoms. The summed E-state index contributed by atoms with van der Waals surface area (Å²) in [6.07, 6.45) is 5.49. The van der Waals surface area contributed by atoms with Crippen molar-refractivity contribution in [2.24, 2.45) is 17.8 Å². The van der Waals surface area contributed by atoms with Crippen LogP contribution in [0.1, 0.15) is 39.5 Å². The van der Waals surface area contributed by atoms with Crippen LogP contribution in [0.2, 0.25) is 0 Å². The SMILES string of the molecule is CC(C)COC(=O)N1CCC(C2CCN(c3ccc(S(C)(=O)=O)cc3)CC2)CC1. The summed E-state index contributed by atoms with van der Waals surface area (Å²) >= 11 is 0. The number of piperidine rings is 2. The summed E-state index contributed by atoms with van der Waals surface area (Å²) in [6, 6.07) is 7.23. The zero-order chi connectivity index (χ0) is 21.0. The van der Waals surface area contributed by atoms with Crippen LogP contribution in [0.5, 0.6) is 0 Å². The second-order valence-corrected chi connectivity index (χ2v) is 10.9. The van der Waals surface area contributed by atoms with Crippen LogP contribution in [0.25, 0.3) is 0 Å². The zero-order valence-corrected chi connectivity index (χ0v) is 18.7. The first-order chi connectivity index (χ1) is 13.7. The Balaban J connectivity index is 1.45. The first kappa shape index (κ1) is 21.9. The van der Waals surface area contributed by atoms with E-state index in [9.17, 15) is 13.2 Å². The van der Waals surface area contributed by atoms with E-state index in [1.165, 1.54) is 6.26 Å². The Kier molecular flexibility index (Phi) is 7.09. The molecule has 0 N–H and O–H groups in total. The minimum Gasteiger partial charge on any atom is -0.449 e. The molecule has 0 radical (unpaired) electrons. The number of rotatable bonds is 5. The van der Waals surface area contributed by atoms with Gasteiger partial charge in [-0.25, -0.2) is 13.2 Å². The van der Waals surface area contributed by atoms with Gasteiger partial charge in [0.05, 0.1) is 11.5 Å². The molecule has 7 heteroatoms. The number of carbonyl (C=O) groups excluding carboxylic acids is 1. The second kappa shape index (κ2) is 9.37. The number of amides is 1. The van der Waals surface area contributed by atoms with Crippen LogP contribution >= 0.6 is 0 Å². The molecule has 0 unspecified atom stereocenters. The van der Waals surface area contributed by atoms with Crippen LogP contribution in [0.3, 0.4) is 0 Å². The lowest BCUT2D eigenvalue weighted by Gasteiger charge is -2.40. The van der Waals surface area contributed by atoms with Crippen molar-refractivity contribution < 1.29 is 17.9 Å². The third-order valence-electron chi connectivity index (χ3n) is 6.17. The molecular weight excluding hydrogens is 388 g/mol. The smallest absolute Gasteiger partial charge is 0.409 e. The van der Waals surface area contributed by atoms with E-state index in [1.54, 1.807) is 12.1 Å². The van der Waals surface area contributed by atoms with Gasteiger partial charge in [0.1, 0.15) is 0 Å². The van der Waals surface area contributed by atoms with Gasteiger partial charge in [0.2, 0.25) is 0 Å². The maximum absolute atomic E-state index is 12.1. The maximum atomic E-state index is 12.1. The lowest BCUT2D eigenvalue weighted by atomic mass is 9.79. The zero-order valence-electron chi connectivity index (χ0n) is 17.8. The van der Waals surface area contributed by atoms with Crippen LogP contribution in [0.15, 0.2) is 29.2 Å². The number of anilines is 1. The topological polar surface area (TPSA) is 66.9 Å². The number of benzene rings is 1. The minimum absolute atomic E-state index is 0.162. The van der Waals surface area contributed by atoms with E-state index in [0.717, 1.165) is 57.5 Å². The van der Waals surface area contributed by atoms with E-state index in [-0.39, 0.29) is 6.09 Å². The van der Waals surface area contributed by atoms with Gasteiger partial charge in [-0.3, -0.25) is 0 Å². The molecule has 2 saturated heterocycles. The number of ether oxygens (including phenoxy) is 1. The van der Waals surface area contributed by atoms with E-state index in [4.69, 9.17) is 4.74 Å². The van der Waals surface area contributed by atoms with Crippen LogP contribution in [-0.4, -0.2) is 58.5 Å². The average Bonchev–Trinajstić information content (AvgIpc) is 2.72. The molecule has 6 nitrogen and oxygen atoms in total. The largest absolute Gasteiger partial charge is 0.449 e. The van der Waals surface area contributed by atoms with Gasteiger partial charge < -0.3 is 14.5 Å². The molecule has 0 aromatic heterocycles. The summed E-state index contributed by atoms with van der Waals surface area (Å²) in [5.41, 5.74) is 1.10. The van der Waals surface area contributed by atoms with Crippen molar-refractivity contribution in [1.82, 2.24) is 4.90 Å². The molecule has 0 spiro atoms. The number of sulfone groups is 1. The van der Waals surface area contributed by atoms with Crippen molar-refractivity contribution in [1.29, 1.82) is 0 Å². The fourth-order valence-corrected chi connectivity index (χ4v) is 5.05. The summed E-state index contributed by atoms with van der Waals surface area (Å²) in [7, 11) is -3.15. The monoisotopic (exact) mass is 422 g/mol. The number of nitrogens with zero attached hydrogens (tertiary/aromatic N) is 2. The molecule has 0 bridgehead atoms. The standard InChI is InChI=1S/C22H34N2O4S/c1-17(2)16-28-22(25)24-14-10-19(11-15-24)18-8-12-23(13-9-18)20-4-6-21(7-5-20)29(3,26)27/h4-7,17-19H,8-16H2,1-3H3. The van der Waals surface area contributed by atoms with E-state index >= 15 is 0 Å². The highest BCUT2D eigenvalue weighted by molar-refractivity contribution is 7.90. The van der Waals surface area contributed by atoms with Gasteiger partial charge in [0.25, 0.3) is 0 Å². The third kappa shape index (κ3) is 5.87. The van der Waals surface area contributed by atoms with Gasteiger partial charge in [0, 0.05) is 38.1 Å². The Bertz CT molecular complexity index is 776. The Morgan fingerprint density at radius 1 is 1.00 bits per heavy atom. The predicted octanol–water partition coefficient (Wildman–Crippen LogP) is 3.81. The van der Waals surface area contributed by atoms with E-state index in [0.29, 0.717) is 29.3 Å². The molecule has 0 aliphatic carbocycles. The Hall–Kier alpha value is -1.76. The first-order valence-corrected chi connectivity index (χ1v) is 12.6. The van der Waals surface area contributed by atoms with Crippen LogP contribution in [-0.2, 0) is 14.6 Å². The maximum Gasteiger partial charge on any atom is 0.409 e. The normalized spacial score (nSPS) is 19.6. The van der Waals surface area contributed by atoms with Crippen LogP contribution in [0.4, 0.5) is 10.5 Å². The van der Waals surface area contributed by atoms with Crippen molar-refractivity contribution in [3.63, 3.8) is 0 Å². The molecule has 0 atom stereocenters. The van der Waals surface area contributed by atoms with Gasteiger partial charge in [-0.15, -0.1) is 0 Å². The molecule has 1 aromatic carbocycles. The Labute approximate surface area is 175 Å². The van der Waals surface area contributed by atoms with Crippen LogP contribution < -0.4 is 4.90 Å². The Morgan fingerprint density at radius 3 is 2.00 bits per heavy atom. The first-order valence-electron chi connectivity index (χ1n) is 10.7. The van der Waals surface area contributed by atoms with Crippen molar-refractivity contribution in [2.45, 2.75) is 44.4 Å². The molecule has 2 aliphatic rings. The molecule has 162 valence electrons. The quantitative estimate of drug-likeness (QED) is 0.722. The number of likely N-dealkylation sites (tertiary alicyclic amines) is 1. The molecule has 1 amide bonds. The number of carbonyl (C=O) groups is 1. The van der Waals surface area contributed by atoms with E-state index in [1.807, 2.05) is 30.9 Å². The highest BCUT2D eigenvalue weighted by atomic mass is 32.2. The number of hydrogen-bond acceptors (Lipinski definition) is 5. The van der Waals surface area contributed by atoms with Gasteiger partial charge in [-0.2, -0.15) is 0 Å². The summed E-state index contributed by atoms with van der Waals surface area (Å²) in [4.78, 5) is 16.7. The molecule has 2 heterocycles. The summed E-state index contributed by atoms with van der Waals surface area (Å²) in [5, 5.41) is 0. The summed E-state index contributed by atoms with van der Waals surface area (Å²) < 4.78 is 28.6. The fourth-order valence-electron chi connectivity index (χ4n) is 4.42. The van der Waals surface area contributed by atoms with Crippen molar-refractivity contribution in [3.8, 4) is 0 Å². The van der Waals surface area contributed by atoms with Gasteiger partial charge in [0.15, 0.2) is 9.84 Å². The lowest BCUT2D eigenvalue weighted by Crippen LogP contribution is -2.43. The third-order valence-corrected chi connectivity index (χ3v) is 7.30. The lowest BCUT2D eigenvalue weighted by molar-refractivity contribution is 0.0705.